The molecule has 0 unspecified atom stereocenters. The summed E-state index contributed by atoms with van der Waals surface area (Å²) >= 11 is 11.9. The number of hydrogen-bond acceptors (Lipinski definition) is 3. The number of carbonyl (C=O) groups is 1. The molecular weight excluding hydrogens is 277 g/mol. The third kappa shape index (κ3) is 2.64. The number of benzene rings is 1. The van der Waals surface area contributed by atoms with Crippen molar-refractivity contribution in [1.29, 1.82) is 0 Å². The van der Waals surface area contributed by atoms with Gasteiger partial charge in [-0.05, 0) is 18.2 Å². The topological polar surface area (TPSA) is 56.1 Å². The number of aromatic nitrogens is 2. The van der Waals surface area contributed by atoms with Crippen molar-refractivity contribution in [2.45, 2.75) is 0 Å². The smallest absolute Gasteiger partial charge is 0.277 e. The van der Waals surface area contributed by atoms with Gasteiger partial charge in [0.05, 0.1) is 29.6 Å². The Morgan fingerprint density at radius 1 is 1.44 bits per heavy atom. The summed E-state index contributed by atoms with van der Waals surface area (Å²) in [5, 5.41) is 5.04. The maximum Gasteiger partial charge on any atom is 0.278 e. The molecule has 2 rings (SSSR count). The highest BCUT2D eigenvalue weighted by atomic mass is 35.5. The van der Waals surface area contributed by atoms with E-state index in [9.17, 15) is 4.79 Å². The Hall–Kier alpha value is -1.56. The molecule has 1 aromatic heterocycles. The number of rotatable bonds is 3. The van der Waals surface area contributed by atoms with Crippen molar-refractivity contribution in [1.82, 2.24) is 15.3 Å². The summed E-state index contributed by atoms with van der Waals surface area (Å²) in [5.41, 5.74) is 3.20. The van der Waals surface area contributed by atoms with E-state index in [2.05, 4.69) is 15.4 Å². The van der Waals surface area contributed by atoms with Crippen molar-refractivity contribution in [3.05, 3.63) is 46.2 Å². The number of halogens is 2. The molecule has 1 N–H and O–H groups in total. The molecule has 0 fully saturated rings. The average molecular weight is 286 g/mol. The van der Waals surface area contributed by atoms with Crippen LogP contribution in [0.5, 0.6) is 0 Å². The summed E-state index contributed by atoms with van der Waals surface area (Å²) in [6.45, 7) is 0. The van der Waals surface area contributed by atoms with Crippen LogP contribution in [-0.2, 0) is 4.84 Å². The Labute approximate surface area is 113 Å². The van der Waals surface area contributed by atoms with Crippen molar-refractivity contribution in [3.63, 3.8) is 0 Å². The number of hydrogen-bond donors (Lipinski definition) is 1. The van der Waals surface area contributed by atoms with Gasteiger partial charge in [-0.2, -0.15) is 5.10 Å². The van der Waals surface area contributed by atoms with Gasteiger partial charge in [-0.15, -0.1) is 0 Å². The zero-order valence-electron chi connectivity index (χ0n) is 9.35. The predicted molar refractivity (Wildman–Crippen MR) is 68.1 cm³/mol. The van der Waals surface area contributed by atoms with Gasteiger partial charge in [0.25, 0.3) is 5.91 Å². The summed E-state index contributed by atoms with van der Waals surface area (Å²) in [6, 6.07) is 5.02. The standard InChI is InChI=1S/C11H9Cl2N3O2/c1-18-15-11(17)7-5-14-16(6-7)10-3-2-8(12)4-9(10)13/h2-6H,1H3,(H,15,17). The number of amides is 1. The monoisotopic (exact) mass is 285 g/mol. The average Bonchev–Trinajstić information content (AvgIpc) is 2.78. The molecule has 0 aliphatic heterocycles. The zero-order valence-corrected chi connectivity index (χ0v) is 10.9. The van der Waals surface area contributed by atoms with Crippen LogP contribution in [0.15, 0.2) is 30.6 Å². The number of hydroxylamine groups is 1. The van der Waals surface area contributed by atoms with Crippen LogP contribution in [0.1, 0.15) is 10.4 Å². The molecule has 0 aliphatic carbocycles. The number of nitrogens with zero attached hydrogens (tertiary/aromatic N) is 2. The second-order valence-electron chi connectivity index (χ2n) is 3.40. The first-order valence-electron chi connectivity index (χ1n) is 4.95. The second-order valence-corrected chi connectivity index (χ2v) is 4.25. The van der Waals surface area contributed by atoms with E-state index in [0.29, 0.717) is 21.3 Å². The fraction of sp³-hybridized carbons (Fsp3) is 0.0909. The lowest BCUT2D eigenvalue weighted by atomic mass is 10.3. The van der Waals surface area contributed by atoms with Crippen LogP contribution in [0.3, 0.4) is 0 Å². The summed E-state index contributed by atoms with van der Waals surface area (Å²) in [6.07, 6.45) is 2.96. The van der Waals surface area contributed by atoms with Crippen molar-refractivity contribution >= 4 is 29.1 Å². The van der Waals surface area contributed by atoms with Crippen LogP contribution in [0.2, 0.25) is 10.0 Å². The van der Waals surface area contributed by atoms with E-state index in [4.69, 9.17) is 23.2 Å². The largest absolute Gasteiger partial charge is 0.278 e. The minimum atomic E-state index is -0.381. The number of nitrogens with one attached hydrogen (secondary N) is 1. The van der Waals surface area contributed by atoms with E-state index >= 15 is 0 Å². The third-order valence-electron chi connectivity index (χ3n) is 2.20. The van der Waals surface area contributed by atoms with Crippen molar-refractivity contribution < 1.29 is 9.63 Å². The molecule has 7 heteroatoms. The van der Waals surface area contributed by atoms with E-state index in [1.54, 1.807) is 24.4 Å². The Kier molecular flexibility index (Phi) is 3.86. The molecule has 0 atom stereocenters. The highest BCUT2D eigenvalue weighted by Gasteiger charge is 2.10. The first kappa shape index (κ1) is 12.9. The van der Waals surface area contributed by atoms with E-state index in [0.717, 1.165) is 0 Å². The first-order chi connectivity index (χ1) is 8.61. The molecule has 0 aliphatic rings. The predicted octanol–water partition coefficient (Wildman–Crippen LogP) is 2.47. The molecule has 0 radical (unpaired) electrons. The normalized spacial score (nSPS) is 10.4. The molecule has 2 aromatic rings. The Bertz CT molecular complexity index is 583. The maximum absolute atomic E-state index is 11.5. The fourth-order valence-corrected chi connectivity index (χ4v) is 1.89. The van der Waals surface area contributed by atoms with Gasteiger partial charge < -0.3 is 0 Å². The minimum Gasteiger partial charge on any atom is -0.277 e. The first-order valence-corrected chi connectivity index (χ1v) is 5.71. The molecule has 0 bridgehead atoms. The molecule has 94 valence electrons. The van der Waals surface area contributed by atoms with Gasteiger partial charge >= 0.3 is 0 Å². The second kappa shape index (κ2) is 5.39. The number of carbonyl (C=O) groups excluding carboxylic acids is 1. The molecular formula is C11H9Cl2N3O2. The lowest BCUT2D eigenvalue weighted by Gasteiger charge is -2.04. The van der Waals surface area contributed by atoms with Crippen LogP contribution >= 0.6 is 23.2 Å². The van der Waals surface area contributed by atoms with Crippen LogP contribution in [0.25, 0.3) is 5.69 Å². The van der Waals surface area contributed by atoms with Crippen LogP contribution < -0.4 is 5.48 Å². The Morgan fingerprint density at radius 3 is 2.89 bits per heavy atom. The van der Waals surface area contributed by atoms with E-state index in [1.807, 2.05) is 0 Å². The Morgan fingerprint density at radius 2 is 2.22 bits per heavy atom. The highest BCUT2D eigenvalue weighted by molar-refractivity contribution is 6.35. The molecule has 5 nitrogen and oxygen atoms in total. The van der Waals surface area contributed by atoms with Gasteiger partial charge in [0.15, 0.2) is 0 Å². The molecule has 0 saturated heterocycles. The van der Waals surface area contributed by atoms with Gasteiger partial charge in [-0.25, -0.2) is 10.2 Å². The molecule has 18 heavy (non-hydrogen) atoms. The maximum atomic E-state index is 11.5. The van der Waals surface area contributed by atoms with Gasteiger partial charge in [-0.1, -0.05) is 23.2 Å². The molecule has 1 heterocycles. The van der Waals surface area contributed by atoms with Crippen LogP contribution in [0, 0.1) is 0 Å². The van der Waals surface area contributed by atoms with Crippen molar-refractivity contribution in [3.8, 4) is 5.69 Å². The minimum absolute atomic E-state index is 0.364. The Balaban J connectivity index is 2.32. The van der Waals surface area contributed by atoms with Crippen molar-refractivity contribution in [2.24, 2.45) is 0 Å². The van der Waals surface area contributed by atoms with Crippen LogP contribution in [0.4, 0.5) is 0 Å². The van der Waals surface area contributed by atoms with Gasteiger partial charge in [0.2, 0.25) is 0 Å². The molecule has 0 spiro atoms. The summed E-state index contributed by atoms with van der Waals surface area (Å²) in [5.74, 6) is -0.381. The third-order valence-corrected chi connectivity index (χ3v) is 2.73. The quantitative estimate of drug-likeness (QED) is 0.882. The summed E-state index contributed by atoms with van der Waals surface area (Å²) < 4.78 is 1.49. The van der Waals surface area contributed by atoms with Gasteiger partial charge in [-0.3, -0.25) is 9.63 Å². The van der Waals surface area contributed by atoms with E-state index in [-0.39, 0.29) is 5.91 Å². The van der Waals surface area contributed by atoms with E-state index < -0.39 is 0 Å². The van der Waals surface area contributed by atoms with Crippen molar-refractivity contribution in [2.75, 3.05) is 7.11 Å². The summed E-state index contributed by atoms with van der Waals surface area (Å²) in [7, 11) is 1.36. The van der Waals surface area contributed by atoms with Gasteiger partial charge in [0, 0.05) is 11.2 Å². The zero-order chi connectivity index (χ0) is 13.1. The molecule has 1 amide bonds. The molecule has 1 aromatic carbocycles. The fourth-order valence-electron chi connectivity index (χ4n) is 1.39. The lowest BCUT2D eigenvalue weighted by molar-refractivity contribution is 0.0537. The molecule has 0 saturated carbocycles. The van der Waals surface area contributed by atoms with Gasteiger partial charge in [0.1, 0.15) is 0 Å². The highest BCUT2D eigenvalue weighted by Crippen LogP contribution is 2.23. The lowest BCUT2D eigenvalue weighted by Crippen LogP contribution is -2.21. The van der Waals surface area contributed by atoms with Crippen LogP contribution in [-0.4, -0.2) is 22.8 Å². The van der Waals surface area contributed by atoms with E-state index in [1.165, 1.54) is 18.0 Å². The summed E-state index contributed by atoms with van der Waals surface area (Å²) in [4.78, 5) is 16.0. The SMILES string of the molecule is CONC(=O)c1cnn(-c2ccc(Cl)cc2Cl)c1.